The van der Waals surface area contributed by atoms with E-state index in [0.717, 1.165) is 19.9 Å². The Morgan fingerprint density at radius 3 is 2.19 bits per heavy atom. The molecule has 0 atom stereocenters. The summed E-state index contributed by atoms with van der Waals surface area (Å²) < 4.78 is 6.82. The van der Waals surface area contributed by atoms with Crippen molar-refractivity contribution >= 4 is 39.7 Å². The zero-order chi connectivity index (χ0) is 14.7. The average molecular weight is 406 g/mol. The van der Waals surface area contributed by atoms with E-state index in [0.29, 0.717) is 5.56 Å². The molecule has 0 aliphatic carbocycles. The van der Waals surface area contributed by atoms with Crippen LogP contribution in [0.3, 0.4) is 0 Å². The van der Waals surface area contributed by atoms with Crippen LogP contribution in [-0.2, 0) is 0 Å². The summed E-state index contributed by atoms with van der Waals surface area (Å²) in [5, 5.41) is 1.89. The first kappa shape index (κ1) is 14.3. The highest BCUT2D eigenvalue weighted by Crippen LogP contribution is 2.23. The number of para-hydroxylation sites is 1. The third-order valence-electron chi connectivity index (χ3n) is 2.93. The maximum atomic E-state index is 12.3. The van der Waals surface area contributed by atoms with E-state index in [4.69, 9.17) is 4.74 Å². The first-order valence-corrected chi connectivity index (χ1v) is 8.30. The van der Waals surface area contributed by atoms with Crippen molar-refractivity contribution in [3.63, 3.8) is 0 Å². The largest absolute Gasteiger partial charge is 0.457 e. The first-order chi connectivity index (χ1) is 10.2. The standard InChI is InChI=1S/C17H11IO2S/c18-16-10-13(11-21-16)17(19)12-6-8-15(9-7-12)20-14-4-2-1-3-5-14/h1-11H. The molecule has 0 aliphatic heterocycles. The monoisotopic (exact) mass is 406 g/mol. The Bertz CT molecular complexity index is 748. The Hall–Kier alpha value is -1.66. The molecule has 0 spiro atoms. The number of hydrogen-bond acceptors (Lipinski definition) is 3. The Balaban J connectivity index is 1.76. The predicted octanol–water partition coefficient (Wildman–Crippen LogP) is 5.38. The fraction of sp³-hybridized carbons (Fsp3) is 0. The minimum atomic E-state index is 0.0421. The summed E-state index contributed by atoms with van der Waals surface area (Å²) in [4.78, 5) is 12.3. The van der Waals surface area contributed by atoms with Gasteiger partial charge in [-0.1, -0.05) is 18.2 Å². The van der Waals surface area contributed by atoms with E-state index in [-0.39, 0.29) is 5.78 Å². The SMILES string of the molecule is O=C(c1ccc(Oc2ccccc2)cc1)c1csc(I)c1. The van der Waals surface area contributed by atoms with Crippen LogP contribution in [0.4, 0.5) is 0 Å². The lowest BCUT2D eigenvalue weighted by molar-refractivity contribution is 0.103. The van der Waals surface area contributed by atoms with Crippen molar-refractivity contribution in [2.75, 3.05) is 0 Å². The lowest BCUT2D eigenvalue weighted by Crippen LogP contribution is -1.99. The van der Waals surface area contributed by atoms with Crippen LogP contribution >= 0.6 is 33.9 Å². The zero-order valence-corrected chi connectivity index (χ0v) is 13.9. The van der Waals surface area contributed by atoms with Gasteiger partial charge in [-0.05, 0) is 65.1 Å². The van der Waals surface area contributed by atoms with Crippen LogP contribution in [-0.4, -0.2) is 5.78 Å². The second-order valence-corrected chi connectivity index (χ2v) is 7.21. The number of ketones is 1. The van der Waals surface area contributed by atoms with Crippen LogP contribution in [0.5, 0.6) is 11.5 Å². The lowest BCUT2D eigenvalue weighted by atomic mass is 10.1. The first-order valence-electron chi connectivity index (χ1n) is 6.34. The van der Waals surface area contributed by atoms with Crippen LogP contribution in [0, 0.1) is 2.88 Å². The smallest absolute Gasteiger partial charge is 0.193 e. The van der Waals surface area contributed by atoms with Crippen LogP contribution in [0.2, 0.25) is 0 Å². The van der Waals surface area contributed by atoms with Crippen LogP contribution in [0.25, 0.3) is 0 Å². The molecular formula is C17H11IO2S. The number of hydrogen-bond donors (Lipinski definition) is 0. The molecule has 0 fully saturated rings. The van der Waals surface area contributed by atoms with Gasteiger partial charge in [0.15, 0.2) is 5.78 Å². The highest BCUT2D eigenvalue weighted by atomic mass is 127. The fourth-order valence-electron chi connectivity index (χ4n) is 1.89. The highest BCUT2D eigenvalue weighted by Gasteiger charge is 2.11. The summed E-state index contributed by atoms with van der Waals surface area (Å²) >= 11 is 3.79. The van der Waals surface area contributed by atoms with E-state index < -0.39 is 0 Å². The van der Waals surface area contributed by atoms with Crippen molar-refractivity contribution in [2.45, 2.75) is 0 Å². The number of carbonyl (C=O) groups is 1. The van der Waals surface area contributed by atoms with Crippen LogP contribution in [0.1, 0.15) is 15.9 Å². The van der Waals surface area contributed by atoms with Gasteiger partial charge in [0.2, 0.25) is 0 Å². The van der Waals surface area contributed by atoms with Gasteiger partial charge in [0.1, 0.15) is 11.5 Å². The lowest BCUT2D eigenvalue weighted by Gasteiger charge is -2.06. The molecule has 1 aromatic heterocycles. The topological polar surface area (TPSA) is 26.3 Å². The second-order valence-electron chi connectivity index (χ2n) is 4.41. The molecule has 0 amide bonds. The van der Waals surface area contributed by atoms with Crippen molar-refractivity contribution in [2.24, 2.45) is 0 Å². The van der Waals surface area contributed by atoms with Crippen LogP contribution in [0.15, 0.2) is 66.0 Å². The number of halogens is 1. The average Bonchev–Trinajstić information content (AvgIpc) is 2.95. The van der Waals surface area contributed by atoms with E-state index in [1.807, 2.05) is 53.9 Å². The van der Waals surface area contributed by atoms with Gasteiger partial charge in [0.05, 0.1) is 2.88 Å². The van der Waals surface area contributed by atoms with Gasteiger partial charge < -0.3 is 4.74 Å². The molecule has 0 unspecified atom stereocenters. The van der Waals surface area contributed by atoms with Crippen molar-refractivity contribution in [1.29, 1.82) is 0 Å². The molecule has 0 saturated heterocycles. The summed E-state index contributed by atoms with van der Waals surface area (Å²) in [6.45, 7) is 0. The molecule has 4 heteroatoms. The van der Waals surface area contributed by atoms with Gasteiger partial charge in [0.25, 0.3) is 0 Å². The number of benzene rings is 2. The molecule has 2 aromatic carbocycles. The van der Waals surface area contributed by atoms with Crippen molar-refractivity contribution in [3.8, 4) is 11.5 Å². The van der Waals surface area contributed by atoms with Crippen LogP contribution < -0.4 is 4.74 Å². The Morgan fingerprint density at radius 1 is 0.905 bits per heavy atom. The maximum Gasteiger partial charge on any atom is 0.193 e. The van der Waals surface area contributed by atoms with Gasteiger partial charge in [-0.25, -0.2) is 0 Å². The van der Waals surface area contributed by atoms with Gasteiger partial charge in [-0.3, -0.25) is 4.79 Å². The number of carbonyl (C=O) groups excluding carboxylic acids is 1. The number of thiophene rings is 1. The third-order valence-corrected chi connectivity index (χ3v) is 4.71. The van der Waals surface area contributed by atoms with E-state index in [9.17, 15) is 4.79 Å². The quantitative estimate of drug-likeness (QED) is 0.430. The Labute approximate surface area is 140 Å². The highest BCUT2D eigenvalue weighted by molar-refractivity contribution is 14.1. The molecule has 0 radical (unpaired) electrons. The van der Waals surface area contributed by atoms with Crippen molar-refractivity contribution < 1.29 is 9.53 Å². The third kappa shape index (κ3) is 3.51. The van der Waals surface area contributed by atoms with E-state index in [1.165, 1.54) is 0 Å². The summed E-state index contributed by atoms with van der Waals surface area (Å²) in [6, 6.07) is 18.7. The molecule has 104 valence electrons. The maximum absolute atomic E-state index is 12.3. The van der Waals surface area contributed by atoms with Gasteiger partial charge in [-0.15, -0.1) is 11.3 Å². The number of ether oxygens (including phenoxy) is 1. The number of rotatable bonds is 4. The van der Waals surface area contributed by atoms with E-state index in [2.05, 4.69) is 22.6 Å². The molecule has 1 heterocycles. The van der Waals surface area contributed by atoms with Gasteiger partial charge in [0, 0.05) is 16.5 Å². The van der Waals surface area contributed by atoms with Crippen molar-refractivity contribution in [1.82, 2.24) is 0 Å². The Morgan fingerprint density at radius 2 is 1.57 bits per heavy atom. The molecule has 0 N–H and O–H groups in total. The molecule has 0 saturated carbocycles. The molecule has 3 rings (SSSR count). The van der Waals surface area contributed by atoms with E-state index in [1.54, 1.807) is 23.5 Å². The Kier molecular flexibility index (Phi) is 4.36. The molecule has 21 heavy (non-hydrogen) atoms. The summed E-state index contributed by atoms with van der Waals surface area (Å²) in [7, 11) is 0. The van der Waals surface area contributed by atoms with Crippen molar-refractivity contribution in [3.05, 3.63) is 80.1 Å². The summed E-state index contributed by atoms with van der Waals surface area (Å²) in [6.07, 6.45) is 0. The molecule has 0 aliphatic rings. The fourth-order valence-corrected chi connectivity index (χ4v) is 3.22. The normalized spacial score (nSPS) is 10.3. The predicted molar refractivity (Wildman–Crippen MR) is 93.4 cm³/mol. The zero-order valence-electron chi connectivity index (χ0n) is 11.0. The molecule has 2 nitrogen and oxygen atoms in total. The van der Waals surface area contributed by atoms with E-state index >= 15 is 0 Å². The van der Waals surface area contributed by atoms with Gasteiger partial charge in [-0.2, -0.15) is 0 Å². The molecule has 3 aromatic rings. The second kappa shape index (κ2) is 6.41. The minimum absolute atomic E-state index is 0.0421. The summed E-state index contributed by atoms with van der Waals surface area (Å²) in [5.74, 6) is 1.54. The minimum Gasteiger partial charge on any atom is -0.457 e. The molecule has 0 bridgehead atoms. The summed E-state index contributed by atoms with van der Waals surface area (Å²) in [5.41, 5.74) is 1.41. The molecular weight excluding hydrogens is 395 g/mol. The van der Waals surface area contributed by atoms with Gasteiger partial charge >= 0.3 is 0 Å².